The van der Waals surface area contributed by atoms with E-state index in [4.69, 9.17) is 4.74 Å². The predicted octanol–water partition coefficient (Wildman–Crippen LogP) is 0.281. The first kappa shape index (κ1) is 10.9. The second-order valence-corrected chi connectivity index (χ2v) is 4.46. The van der Waals surface area contributed by atoms with Gasteiger partial charge in [0.2, 0.25) is 5.91 Å². The van der Waals surface area contributed by atoms with Crippen molar-refractivity contribution in [1.82, 2.24) is 10.6 Å². The van der Waals surface area contributed by atoms with E-state index in [1.807, 2.05) is 0 Å². The second kappa shape index (κ2) is 5.47. The maximum absolute atomic E-state index is 11.6. The zero-order chi connectivity index (χ0) is 10.5. The van der Waals surface area contributed by atoms with E-state index in [2.05, 4.69) is 10.6 Å². The lowest BCUT2D eigenvalue weighted by Crippen LogP contribution is -2.51. The third-order valence-electron chi connectivity index (χ3n) is 3.31. The van der Waals surface area contributed by atoms with E-state index >= 15 is 0 Å². The zero-order valence-corrected chi connectivity index (χ0v) is 9.13. The molecule has 1 amide bonds. The molecule has 2 aliphatic rings. The summed E-state index contributed by atoms with van der Waals surface area (Å²) in [4.78, 5) is 11.6. The lowest BCUT2D eigenvalue weighted by molar-refractivity contribution is -0.125. The Hall–Kier alpha value is -0.610. The number of amides is 1. The quantitative estimate of drug-likeness (QED) is 0.704. The number of carbonyl (C=O) groups is 1. The van der Waals surface area contributed by atoms with Crippen molar-refractivity contribution < 1.29 is 9.53 Å². The molecule has 4 nitrogen and oxygen atoms in total. The highest BCUT2D eigenvalue weighted by atomic mass is 16.5. The fraction of sp³-hybridized carbons (Fsp3) is 0.909. The topological polar surface area (TPSA) is 50.4 Å². The van der Waals surface area contributed by atoms with Gasteiger partial charge in [-0.1, -0.05) is 19.3 Å². The van der Waals surface area contributed by atoms with E-state index in [1.165, 1.54) is 19.3 Å². The highest BCUT2D eigenvalue weighted by Crippen LogP contribution is 2.28. The molecular weight excluding hydrogens is 192 g/mol. The maximum Gasteiger partial charge on any atom is 0.239 e. The van der Waals surface area contributed by atoms with Gasteiger partial charge in [-0.05, 0) is 12.3 Å². The summed E-state index contributed by atoms with van der Waals surface area (Å²) in [5.41, 5.74) is 0. The van der Waals surface area contributed by atoms with Crippen molar-refractivity contribution in [3.8, 4) is 0 Å². The van der Waals surface area contributed by atoms with Crippen molar-refractivity contribution in [1.29, 1.82) is 0 Å². The molecule has 2 rings (SSSR count). The lowest BCUT2D eigenvalue weighted by atomic mass is 9.83. The molecule has 15 heavy (non-hydrogen) atoms. The Labute approximate surface area is 90.8 Å². The molecule has 0 aromatic carbocycles. The summed E-state index contributed by atoms with van der Waals surface area (Å²) in [5.74, 6) is 0.954. The molecule has 1 atom stereocenters. The second-order valence-electron chi connectivity index (χ2n) is 4.46. The minimum Gasteiger partial charge on any atom is -0.378 e. The number of hydrogen-bond acceptors (Lipinski definition) is 3. The Bertz CT molecular complexity index is 211. The molecule has 1 unspecified atom stereocenters. The van der Waals surface area contributed by atoms with Crippen molar-refractivity contribution in [2.75, 3.05) is 26.3 Å². The van der Waals surface area contributed by atoms with Crippen LogP contribution < -0.4 is 10.6 Å². The van der Waals surface area contributed by atoms with E-state index in [1.54, 1.807) is 0 Å². The van der Waals surface area contributed by atoms with Gasteiger partial charge < -0.3 is 15.4 Å². The molecule has 0 aromatic rings. The fourth-order valence-corrected chi connectivity index (χ4v) is 2.04. The van der Waals surface area contributed by atoms with E-state index in [0.29, 0.717) is 13.2 Å². The van der Waals surface area contributed by atoms with E-state index in [-0.39, 0.29) is 11.9 Å². The molecule has 1 aliphatic carbocycles. The molecule has 1 aliphatic heterocycles. The summed E-state index contributed by atoms with van der Waals surface area (Å²) >= 11 is 0. The van der Waals surface area contributed by atoms with Crippen LogP contribution >= 0.6 is 0 Å². The van der Waals surface area contributed by atoms with Crippen LogP contribution in [-0.2, 0) is 9.53 Å². The summed E-state index contributed by atoms with van der Waals surface area (Å²) in [6.07, 6.45) is 5.21. The Kier molecular flexibility index (Phi) is 3.97. The van der Waals surface area contributed by atoms with Gasteiger partial charge in [0.05, 0.1) is 13.2 Å². The van der Waals surface area contributed by atoms with Crippen LogP contribution in [0.25, 0.3) is 0 Å². The number of ether oxygens (including phenoxy) is 1. The largest absolute Gasteiger partial charge is 0.378 e. The van der Waals surface area contributed by atoms with Gasteiger partial charge in [0.1, 0.15) is 6.04 Å². The van der Waals surface area contributed by atoms with Gasteiger partial charge in [0, 0.05) is 13.1 Å². The number of carbonyl (C=O) groups excluding carboxylic acids is 1. The summed E-state index contributed by atoms with van der Waals surface area (Å²) in [5, 5.41) is 6.12. The minimum absolute atomic E-state index is 0.0917. The number of rotatable bonds is 4. The fourth-order valence-electron chi connectivity index (χ4n) is 2.04. The van der Waals surface area contributed by atoms with Gasteiger partial charge in [-0.25, -0.2) is 0 Å². The highest BCUT2D eigenvalue weighted by Gasteiger charge is 2.21. The van der Waals surface area contributed by atoms with Crippen LogP contribution in [0.2, 0.25) is 0 Å². The lowest BCUT2D eigenvalue weighted by Gasteiger charge is -2.26. The van der Waals surface area contributed by atoms with Crippen LogP contribution in [-0.4, -0.2) is 38.3 Å². The van der Waals surface area contributed by atoms with Crippen molar-refractivity contribution in [2.24, 2.45) is 5.92 Å². The van der Waals surface area contributed by atoms with Gasteiger partial charge in [-0.15, -0.1) is 0 Å². The Morgan fingerprint density at radius 2 is 2.33 bits per heavy atom. The van der Waals surface area contributed by atoms with Gasteiger partial charge >= 0.3 is 0 Å². The smallest absolute Gasteiger partial charge is 0.239 e. The van der Waals surface area contributed by atoms with Gasteiger partial charge in [0.15, 0.2) is 0 Å². The van der Waals surface area contributed by atoms with Gasteiger partial charge in [0.25, 0.3) is 0 Å². The first-order valence-electron chi connectivity index (χ1n) is 5.95. The van der Waals surface area contributed by atoms with Gasteiger partial charge in [-0.2, -0.15) is 0 Å². The molecule has 2 fully saturated rings. The first-order chi connectivity index (χ1) is 7.36. The number of hydrogen-bond donors (Lipinski definition) is 2. The number of morpholine rings is 1. The molecule has 1 saturated heterocycles. The summed E-state index contributed by atoms with van der Waals surface area (Å²) in [6, 6.07) is -0.139. The normalized spacial score (nSPS) is 27.1. The van der Waals surface area contributed by atoms with E-state index < -0.39 is 0 Å². The summed E-state index contributed by atoms with van der Waals surface area (Å²) in [6.45, 7) is 2.82. The van der Waals surface area contributed by atoms with E-state index in [9.17, 15) is 4.79 Å². The average molecular weight is 212 g/mol. The van der Waals surface area contributed by atoms with Crippen molar-refractivity contribution in [3.05, 3.63) is 0 Å². The molecule has 4 heteroatoms. The zero-order valence-electron chi connectivity index (χ0n) is 9.13. The Balaban J connectivity index is 1.58. The molecule has 0 radical (unpaired) electrons. The molecule has 1 heterocycles. The molecule has 0 aromatic heterocycles. The first-order valence-corrected chi connectivity index (χ1v) is 5.95. The third kappa shape index (κ3) is 3.18. The number of nitrogens with one attached hydrogen (secondary N) is 2. The Morgan fingerprint density at radius 1 is 1.47 bits per heavy atom. The van der Waals surface area contributed by atoms with Crippen LogP contribution in [0.4, 0.5) is 0 Å². The van der Waals surface area contributed by atoms with Crippen LogP contribution in [0.5, 0.6) is 0 Å². The SMILES string of the molecule is O=C(NCCC1CCC1)C1COCCN1. The minimum atomic E-state index is -0.139. The van der Waals surface area contributed by atoms with Crippen LogP contribution in [0, 0.1) is 5.92 Å². The molecular formula is C11H20N2O2. The monoisotopic (exact) mass is 212 g/mol. The maximum atomic E-state index is 11.6. The molecule has 1 saturated carbocycles. The average Bonchev–Trinajstić information content (AvgIpc) is 2.23. The van der Waals surface area contributed by atoms with Crippen LogP contribution in [0.3, 0.4) is 0 Å². The Morgan fingerprint density at radius 3 is 2.93 bits per heavy atom. The van der Waals surface area contributed by atoms with E-state index in [0.717, 1.165) is 25.4 Å². The van der Waals surface area contributed by atoms with Crippen molar-refractivity contribution in [2.45, 2.75) is 31.7 Å². The van der Waals surface area contributed by atoms with Crippen molar-refractivity contribution in [3.63, 3.8) is 0 Å². The molecule has 0 spiro atoms. The molecule has 2 N–H and O–H groups in total. The standard InChI is InChI=1S/C11H20N2O2/c14-11(10-8-15-7-6-12-10)13-5-4-9-2-1-3-9/h9-10,12H,1-8H2,(H,13,14). The van der Waals surface area contributed by atoms with Crippen molar-refractivity contribution >= 4 is 5.91 Å². The van der Waals surface area contributed by atoms with Crippen LogP contribution in [0.1, 0.15) is 25.7 Å². The van der Waals surface area contributed by atoms with Crippen LogP contribution in [0.15, 0.2) is 0 Å². The molecule has 0 bridgehead atoms. The highest BCUT2D eigenvalue weighted by molar-refractivity contribution is 5.81. The summed E-state index contributed by atoms with van der Waals surface area (Å²) in [7, 11) is 0. The predicted molar refractivity (Wildman–Crippen MR) is 57.6 cm³/mol. The third-order valence-corrected chi connectivity index (χ3v) is 3.31. The molecule has 86 valence electrons. The van der Waals surface area contributed by atoms with Gasteiger partial charge in [-0.3, -0.25) is 4.79 Å². The summed E-state index contributed by atoms with van der Waals surface area (Å²) < 4.78 is 5.24.